The summed E-state index contributed by atoms with van der Waals surface area (Å²) in [5, 5.41) is 0. The second-order valence-corrected chi connectivity index (χ2v) is 5.32. The monoisotopic (exact) mass is 286 g/mol. The zero-order valence-corrected chi connectivity index (χ0v) is 11.8. The summed E-state index contributed by atoms with van der Waals surface area (Å²) in [4.78, 5) is 0. The Morgan fingerprint density at radius 3 is 2.90 bits per heavy atom. The van der Waals surface area contributed by atoms with Gasteiger partial charge >= 0.3 is 0 Å². The van der Waals surface area contributed by atoms with Crippen molar-refractivity contribution in [2.24, 2.45) is 5.84 Å². The van der Waals surface area contributed by atoms with Gasteiger partial charge in [-0.2, -0.15) is 0 Å². The van der Waals surface area contributed by atoms with E-state index in [4.69, 9.17) is 10.6 Å². The number of halogens is 1. The SMILES string of the molecule is NNC(CC1OCCc2ccccc21)c1cccc(F)c1. The third-order valence-electron chi connectivity index (χ3n) is 3.99. The van der Waals surface area contributed by atoms with Crippen LogP contribution in [0.4, 0.5) is 4.39 Å². The zero-order valence-electron chi connectivity index (χ0n) is 11.8. The van der Waals surface area contributed by atoms with Crippen molar-refractivity contribution in [1.29, 1.82) is 0 Å². The van der Waals surface area contributed by atoms with Crippen LogP contribution in [0.5, 0.6) is 0 Å². The minimum atomic E-state index is -0.252. The van der Waals surface area contributed by atoms with E-state index in [1.165, 1.54) is 23.3 Å². The maximum atomic E-state index is 13.4. The number of hydrogen-bond acceptors (Lipinski definition) is 3. The molecule has 3 N–H and O–H groups in total. The average Bonchev–Trinajstić information content (AvgIpc) is 2.52. The highest BCUT2D eigenvalue weighted by molar-refractivity contribution is 5.31. The van der Waals surface area contributed by atoms with Crippen LogP contribution in [-0.2, 0) is 11.2 Å². The molecule has 0 saturated heterocycles. The van der Waals surface area contributed by atoms with Crippen molar-refractivity contribution in [3.8, 4) is 0 Å². The highest BCUT2D eigenvalue weighted by Gasteiger charge is 2.24. The molecule has 2 atom stereocenters. The van der Waals surface area contributed by atoms with E-state index in [-0.39, 0.29) is 18.0 Å². The summed E-state index contributed by atoms with van der Waals surface area (Å²) in [6.07, 6.45) is 1.60. The van der Waals surface area contributed by atoms with Crippen LogP contribution >= 0.6 is 0 Å². The lowest BCUT2D eigenvalue weighted by atomic mass is 9.91. The number of hydrazine groups is 1. The van der Waals surface area contributed by atoms with Crippen LogP contribution in [0.1, 0.15) is 35.3 Å². The van der Waals surface area contributed by atoms with E-state index >= 15 is 0 Å². The fraction of sp³-hybridized carbons (Fsp3) is 0.294. The van der Waals surface area contributed by atoms with E-state index in [0.717, 1.165) is 12.0 Å². The molecular formula is C17H19FN2O. The number of nitrogens with one attached hydrogen (secondary N) is 1. The van der Waals surface area contributed by atoms with Crippen LogP contribution < -0.4 is 11.3 Å². The molecule has 0 aliphatic carbocycles. The predicted octanol–water partition coefficient (Wildman–Crippen LogP) is 3.03. The van der Waals surface area contributed by atoms with Crippen LogP contribution in [0.15, 0.2) is 48.5 Å². The quantitative estimate of drug-likeness (QED) is 0.671. The van der Waals surface area contributed by atoms with Crippen molar-refractivity contribution >= 4 is 0 Å². The summed E-state index contributed by atoms with van der Waals surface area (Å²) in [5.74, 6) is 5.41. The summed E-state index contributed by atoms with van der Waals surface area (Å²) in [6.45, 7) is 0.710. The predicted molar refractivity (Wildman–Crippen MR) is 79.9 cm³/mol. The Hall–Kier alpha value is -1.75. The molecule has 3 rings (SSSR count). The molecule has 0 spiro atoms. The summed E-state index contributed by atoms with van der Waals surface area (Å²) in [5.41, 5.74) is 6.15. The second kappa shape index (κ2) is 6.35. The van der Waals surface area contributed by atoms with Crippen molar-refractivity contribution in [3.63, 3.8) is 0 Å². The molecule has 110 valence electrons. The molecule has 0 fully saturated rings. The molecule has 0 saturated carbocycles. The van der Waals surface area contributed by atoms with Gasteiger partial charge in [-0.05, 0) is 41.7 Å². The van der Waals surface area contributed by atoms with Gasteiger partial charge in [-0.15, -0.1) is 0 Å². The number of hydrogen-bond donors (Lipinski definition) is 2. The first-order valence-corrected chi connectivity index (χ1v) is 7.19. The lowest BCUT2D eigenvalue weighted by molar-refractivity contribution is 0.0292. The molecule has 3 nitrogen and oxygen atoms in total. The van der Waals surface area contributed by atoms with Crippen molar-refractivity contribution in [1.82, 2.24) is 5.43 Å². The number of fused-ring (bicyclic) bond motifs is 1. The Labute approximate surface area is 123 Å². The van der Waals surface area contributed by atoms with E-state index in [1.807, 2.05) is 18.2 Å². The van der Waals surface area contributed by atoms with Crippen LogP contribution in [-0.4, -0.2) is 6.61 Å². The van der Waals surface area contributed by atoms with Crippen LogP contribution in [0.2, 0.25) is 0 Å². The zero-order chi connectivity index (χ0) is 14.7. The second-order valence-electron chi connectivity index (χ2n) is 5.32. The molecule has 4 heteroatoms. The molecule has 0 amide bonds. The van der Waals surface area contributed by atoms with E-state index < -0.39 is 0 Å². The van der Waals surface area contributed by atoms with Gasteiger partial charge in [0.2, 0.25) is 0 Å². The van der Waals surface area contributed by atoms with Gasteiger partial charge in [0.1, 0.15) is 5.82 Å². The Bertz CT molecular complexity index is 617. The third kappa shape index (κ3) is 3.13. The normalized spacial score (nSPS) is 19.0. The molecule has 1 aliphatic heterocycles. The van der Waals surface area contributed by atoms with Gasteiger partial charge in [0.25, 0.3) is 0 Å². The van der Waals surface area contributed by atoms with Gasteiger partial charge in [0, 0.05) is 6.04 Å². The molecule has 1 heterocycles. The lowest BCUT2D eigenvalue weighted by Gasteiger charge is -2.29. The summed E-state index contributed by atoms with van der Waals surface area (Å²) < 4.78 is 19.3. The van der Waals surface area contributed by atoms with Gasteiger partial charge in [-0.3, -0.25) is 11.3 Å². The molecule has 21 heavy (non-hydrogen) atoms. The molecular weight excluding hydrogens is 267 g/mol. The van der Waals surface area contributed by atoms with Crippen molar-refractivity contribution < 1.29 is 9.13 Å². The van der Waals surface area contributed by atoms with Crippen molar-refractivity contribution in [2.75, 3.05) is 6.61 Å². The Balaban J connectivity index is 1.82. The Morgan fingerprint density at radius 1 is 1.24 bits per heavy atom. The highest BCUT2D eigenvalue weighted by Crippen LogP contribution is 2.34. The minimum absolute atomic E-state index is 0.0146. The summed E-state index contributed by atoms with van der Waals surface area (Å²) in [7, 11) is 0. The molecule has 1 aliphatic rings. The number of benzene rings is 2. The van der Waals surface area contributed by atoms with Gasteiger partial charge in [-0.25, -0.2) is 4.39 Å². The van der Waals surface area contributed by atoms with Crippen LogP contribution in [0.25, 0.3) is 0 Å². The maximum Gasteiger partial charge on any atom is 0.123 e. The molecule has 0 bridgehead atoms. The van der Waals surface area contributed by atoms with Crippen molar-refractivity contribution in [3.05, 3.63) is 71.0 Å². The molecule has 2 aromatic carbocycles. The highest BCUT2D eigenvalue weighted by atomic mass is 19.1. The number of rotatable bonds is 4. The Morgan fingerprint density at radius 2 is 2.10 bits per heavy atom. The van der Waals surface area contributed by atoms with Gasteiger partial charge in [-0.1, -0.05) is 36.4 Å². The lowest BCUT2D eigenvalue weighted by Crippen LogP contribution is -2.31. The molecule has 0 radical (unpaired) electrons. The molecule has 2 unspecified atom stereocenters. The first-order valence-electron chi connectivity index (χ1n) is 7.19. The smallest absolute Gasteiger partial charge is 0.123 e. The fourth-order valence-corrected chi connectivity index (χ4v) is 2.91. The third-order valence-corrected chi connectivity index (χ3v) is 3.99. The van der Waals surface area contributed by atoms with Crippen LogP contribution in [0.3, 0.4) is 0 Å². The standard InChI is InChI=1S/C17H19FN2O/c18-14-6-3-5-13(10-14)16(20-19)11-17-15-7-2-1-4-12(15)8-9-21-17/h1-7,10,16-17,20H,8-9,11,19H2. The summed E-state index contributed by atoms with van der Waals surface area (Å²) >= 11 is 0. The topological polar surface area (TPSA) is 47.3 Å². The largest absolute Gasteiger partial charge is 0.373 e. The number of nitrogens with two attached hydrogens (primary N) is 1. The fourth-order valence-electron chi connectivity index (χ4n) is 2.91. The number of ether oxygens (including phenoxy) is 1. The van der Waals surface area contributed by atoms with Crippen molar-refractivity contribution in [2.45, 2.75) is 25.0 Å². The first kappa shape index (κ1) is 14.2. The van der Waals surface area contributed by atoms with E-state index in [1.54, 1.807) is 6.07 Å². The van der Waals surface area contributed by atoms with E-state index in [2.05, 4.69) is 17.6 Å². The maximum absolute atomic E-state index is 13.4. The first-order chi connectivity index (χ1) is 10.3. The molecule has 2 aromatic rings. The van der Waals surface area contributed by atoms with Crippen LogP contribution in [0, 0.1) is 5.82 Å². The average molecular weight is 286 g/mol. The van der Waals surface area contributed by atoms with Gasteiger partial charge in [0.15, 0.2) is 0 Å². The van der Waals surface area contributed by atoms with E-state index in [9.17, 15) is 4.39 Å². The van der Waals surface area contributed by atoms with E-state index in [0.29, 0.717) is 13.0 Å². The summed E-state index contributed by atoms with van der Waals surface area (Å²) in [6, 6.07) is 14.7. The molecule has 0 aromatic heterocycles. The van der Waals surface area contributed by atoms with Gasteiger partial charge in [0.05, 0.1) is 12.7 Å². The Kier molecular flexibility index (Phi) is 4.29. The minimum Gasteiger partial charge on any atom is -0.373 e. The van der Waals surface area contributed by atoms with Gasteiger partial charge < -0.3 is 4.74 Å².